The van der Waals surface area contributed by atoms with E-state index >= 15 is 0 Å². The van der Waals surface area contributed by atoms with Gasteiger partial charge in [0.2, 0.25) is 11.0 Å². The minimum Gasteiger partial charge on any atom is -0.615 e. The van der Waals surface area contributed by atoms with E-state index in [1.54, 1.807) is 26.2 Å². The second-order valence-electron chi connectivity index (χ2n) is 18.4. The average Bonchev–Trinajstić information content (AvgIpc) is 3.82. The first-order valence-electron chi connectivity index (χ1n) is 22.3. The van der Waals surface area contributed by atoms with Gasteiger partial charge in [-0.05, 0) is 73.6 Å². The zero-order valence-electron chi connectivity index (χ0n) is 38.7. The molecule has 0 spiro atoms. The van der Waals surface area contributed by atoms with Crippen molar-refractivity contribution in [1.29, 1.82) is 0 Å². The van der Waals surface area contributed by atoms with Crippen LogP contribution in [-0.4, -0.2) is 83.2 Å². The molecule has 2 saturated heterocycles. The van der Waals surface area contributed by atoms with Crippen LogP contribution < -0.4 is 10.6 Å². The molecule has 0 bridgehead atoms. The summed E-state index contributed by atoms with van der Waals surface area (Å²) in [6.45, 7) is 8.04. The van der Waals surface area contributed by atoms with Gasteiger partial charge in [-0.2, -0.15) is 0 Å². The Morgan fingerprint density at radius 3 is 1.80 bits per heavy atom. The minimum atomic E-state index is -1.81. The van der Waals surface area contributed by atoms with E-state index in [0.717, 1.165) is 27.8 Å². The first kappa shape index (κ1) is 49.3. The van der Waals surface area contributed by atoms with Crippen LogP contribution >= 0.6 is 33.9 Å². The first-order valence-corrected chi connectivity index (χ1v) is 26.1. The van der Waals surface area contributed by atoms with Crippen molar-refractivity contribution in [3.63, 3.8) is 0 Å². The summed E-state index contributed by atoms with van der Waals surface area (Å²) in [5.41, 5.74) is -0.712. The van der Waals surface area contributed by atoms with Crippen LogP contribution in [0.25, 0.3) is 0 Å². The van der Waals surface area contributed by atoms with E-state index in [9.17, 15) is 23.7 Å². The van der Waals surface area contributed by atoms with Gasteiger partial charge in [0.15, 0.2) is 23.0 Å². The van der Waals surface area contributed by atoms with Crippen LogP contribution in [0.5, 0.6) is 0 Å². The second kappa shape index (κ2) is 20.5. The van der Waals surface area contributed by atoms with Gasteiger partial charge < -0.3 is 29.5 Å². The van der Waals surface area contributed by atoms with E-state index < -0.39 is 74.6 Å². The van der Waals surface area contributed by atoms with Crippen LogP contribution in [-0.2, 0) is 50.2 Å². The normalized spacial score (nSPS) is 19.5. The Balaban J connectivity index is 1.08. The average molecular weight is 1080 g/mol. The maximum atomic E-state index is 14.6. The number of nitrogens with one attached hydrogen (secondary N) is 2. The summed E-state index contributed by atoms with van der Waals surface area (Å²) in [6.07, 6.45) is -0.738. The quantitative estimate of drug-likeness (QED) is 0.0140. The number of alkyl halides is 1. The maximum absolute atomic E-state index is 14.6. The Labute approximate surface area is 422 Å². The molecular weight excluding hydrogens is 1030 g/mol. The Bertz CT molecular complexity index is 2660. The van der Waals surface area contributed by atoms with Crippen LogP contribution in [0.15, 0.2) is 162 Å². The highest BCUT2D eigenvalue weighted by Crippen LogP contribution is 2.43. The summed E-state index contributed by atoms with van der Waals surface area (Å²) in [5.74, 6) is -2.80. The number of carbonyl (C=O) groups is 4. The number of benzene rings is 5. The fraction of sp³-hybridized carbons (Fsp3) is 0.283. The van der Waals surface area contributed by atoms with Crippen molar-refractivity contribution >= 4 is 79.7 Å². The van der Waals surface area contributed by atoms with Gasteiger partial charge in [0.05, 0.1) is 0 Å². The highest BCUT2D eigenvalue weighted by Gasteiger charge is 2.64. The third kappa shape index (κ3) is 10.4. The van der Waals surface area contributed by atoms with E-state index in [1.807, 2.05) is 152 Å². The number of oxime groups is 1. The second-order valence-corrected chi connectivity index (χ2v) is 21.6. The SMILES string of the molecule is CC(C)(C)OC(=O)C(C)(C)ON=C(C(=O)NC1C(=O)N2CC(CI)(C(=O)OC(c3ccccc3)c3ccccc3)C[S+]([O-])[C@H]12)c1csc(NC(c2ccccc2)(c2ccccc2)c2ccccc2)n1. The van der Waals surface area contributed by atoms with E-state index in [-0.39, 0.29) is 28.1 Å². The Hall–Kier alpha value is -6.08. The van der Waals surface area contributed by atoms with Crippen LogP contribution in [0.1, 0.15) is 74.2 Å². The zero-order valence-corrected chi connectivity index (χ0v) is 42.5. The van der Waals surface area contributed by atoms with Crippen molar-refractivity contribution in [2.24, 2.45) is 10.6 Å². The molecule has 3 unspecified atom stereocenters. The van der Waals surface area contributed by atoms with Crippen LogP contribution in [0.4, 0.5) is 5.13 Å². The highest BCUT2D eigenvalue weighted by atomic mass is 127. The number of esters is 2. The van der Waals surface area contributed by atoms with E-state index in [4.69, 9.17) is 19.3 Å². The number of anilines is 1. The van der Waals surface area contributed by atoms with Crippen molar-refractivity contribution in [3.05, 3.63) is 191 Å². The standard InChI is InChI=1S/C53H52IN5O8S2/c1-50(2,3)66-47(62)51(4,5)67-58-41(40-31-68-49(55-40)57-53(37-25-15-8-16-26-37,38-27-17-9-18-28-38)39-29-19-10-20-30-39)44(60)56-42-45(61)59-33-52(32-54,34-69(64)46(42)59)48(63)65-43(35-21-11-6-12-22-35)36-23-13-7-14-24-36/h6-31,42-43,46H,32-34H2,1-5H3,(H,55,57)(H,56,60)/t42?,46-,52?,69?/m1/s1. The van der Waals surface area contributed by atoms with Gasteiger partial charge in [0.25, 0.3) is 11.8 Å². The number of ether oxygens (including phenoxy) is 2. The van der Waals surface area contributed by atoms with Crippen LogP contribution in [0.2, 0.25) is 0 Å². The fourth-order valence-electron chi connectivity index (χ4n) is 8.32. The molecule has 5 aromatic carbocycles. The van der Waals surface area contributed by atoms with Gasteiger partial charge in [-0.15, -0.1) is 11.3 Å². The third-order valence-electron chi connectivity index (χ3n) is 11.8. The molecule has 4 atom stereocenters. The number of hydrogen-bond acceptors (Lipinski definition) is 12. The fourth-order valence-corrected chi connectivity index (χ4v) is 12.2. The number of hydrogen-bond donors (Lipinski definition) is 2. The number of aromatic nitrogens is 1. The molecule has 2 amide bonds. The number of fused-ring (bicyclic) bond motifs is 1. The summed E-state index contributed by atoms with van der Waals surface area (Å²) in [7, 11) is 0. The van der Waals surface area contributed by atoms with Gasteiger partial charge in [-0.3, -0.25) is 19.3 Å². The number of β-lactam (4-membered cyclic amide) rings is 1. The molecule has 0 saturated carbocycles. The van der Waals surface area contributed by atoms with Crippen molar-refractivity contribution in [1.82, 2.24) is 15.2 Å². The van der Waals surface area contributed by atoms with E-state index in [0.29, 0.717) is 5.13 Å². The molecule has 2 aliphatic rings. The highest BCUT2D eigenvalue weighted by molar-refractivity contribution is 14.1. The lowest BCUT2D eigenvalue weighted by Crippen LogP contribution is -2.78. The molecule has 0 aliphatic carbocycles. The molecule has 356 valence electrons. The van der Waals surface area contributed by atoms with Crippen molar-refractivity contribution < 1.29 is 38.0 Å². The predicted octanol–water partition coefficient (Wildman–Crippen LogP) is 8.56. The molecule has 16 heteroatoms. The van der Waals surface area contributed by atoms with E-state index in [2.05, 4.69) is 38.4 Å². The van der Waals surface area contributed by atoms with Crippen LogP contribution in [0.3, 0.4) is 0 Å². The zero-order chi connectivity index (χ0) is 49.0. The monoisotopic (exact) mass is 1080 g/mol. The molecule has 3 heterocycles. The van der Waals surface area contributed by atoms with Crippen molar-refractivity contribution in [3.8, 4) is 0 Å². The van der Waals surface area contributed by atoms with Gasteiger partial charge in [0.1, 0.15) is 28.0 Å². The molecule has 69 heavy (non-hydrogen) atoms. The Morgan fingerprint density at radius 1 is 0.826 bits per heavy atom. The summed E-state index contributed by atoms with van der Waals surface area (Å²) in [5, 5.41) is 11.8. The molecule has 6 aromatic rings. The predicted molar refractivity (Wildman–Crippen MR) is 275 cm³/mol. The van der Waals surface area contributed by atoms with E-state index in [1.165, 1.54) is 30.1 Å². The van der Waals surface area contributed by atoms with Gasteiger partial charge in [-0.1, -0.05) is 179 Å². The lowest BCUT2D eigenvalue weighted by molar-refractivity contribution is -0.179. The minimum absolute atomic E-state index is 0.0616. The molecule has 2 aliphatic heterocycles. The lowest BCUT2D eigenvalue weighted by atomic mass is 9.77. The molecule has 13 nitrogen and oxygen atoms in total. The molecular formula is C53H52IN5O8S2. The summed E-state index contributed by atoms with van der Waals surface area (Å²) in [4.78, 5) is 68.4. The first-order chi connectivity index (χ1) is 33.0. The smallest absolute Gasteiger partial charge is 0.353 e. The summed E-state index contributed by atoms with van der Waals surface area (Å²) in [6, 6.07) is 47.3. The number of carbonyl (C=O) groups excluding carboxylic acids is 4. The van der Waals surface area contributed by atoms with Gasteiger partial charge in [0, 0.05) is 16.4 Å². The molecule has 1 aromatic heterocycles. The topological polar surface area (TPSA) is 172 Å². The largest absolute Gasteiger partial charge is 0.615 e. The van der Waals surface area contributed by atoms with Crippen molar-refractivity contribution in [2.75, 3.05) is 22.0 Å². The molecule has 0 radical (unpaired) electrons. The number of halogens is 1. The number of amides is 2. The summed E-state index contributed by atoms with van der Waals surface area (Å²) < 4.78 is 26.4. The van der Waals surface area contributed by atoms with Gasteiger partial charge in [-0.25, -0.2) is 9.78 Å². The Kier molecular flexibility index (Phi) is 14.6. The number of thiazole rings is 1. The maximum Gasteiger partial charge on any atom is 0.353 e. The summed E-state index contributed by atoms with van der Waals surface area (Å²) >= 11 is 1.48. The van der Waals surface area contributed by atoms with Crippen molar-refractivity contribution in [2.45, 2.75) is 68.9 Å². The molecule has 2 fully saturated rings. The number of rotatable bonds is 16. The Morgan fingerprint density at radius 2 is 1.32 bits per heavy atom. The van der Waals surface area contributed by atoms with Crippen LogP contribution in [0, 0.1) is 5.41 Å². The number of nitrogens with zero attached hydrogens (tertiary/aromatic N) is 3. The molecule has 2 N–H and O–H groups in total. The van der Waals surface area contributed by atoms with Gasteiger partial charge >= 0.3 is 11.9 Å². The lowest BCUT2D eigenvalue weighted by Gasteiger charge is -2.53. The molecule has 8 rings (SSSR count). The third-order valence-corrected chi connectivity index (χ3v) is 16.0.